The zero-order valence-corrected chi connectivity index (χ0v) is 9.23. The van der Waals surface area contributed by atoms with Gasteiger partial charge < -0.3 is 9.47 Å². The van der Waals surface area contributed by atoms with Gasteiger partial charge in [0.1, 0.15) is 11.8 Å². The van der Waals surface area contributed by atoms with Gasteiger partial charge in [-0.2, -0.15) is 5.26 Å². The molecule has 0 atom stereocenters. The monoisotopic (exact) mass is 215 g/mol. The highest BCUT2D eigenvalue weighted by Gasteiger charge is 2.22. The Bertz CT molecular complexity index is 493. The van der Waals surface area contributed by atoms with E-state index in [4.69, 9.17) is 5.26 Å². The number of carbonyl (C=O) groups excluding carboxylic acids is 1. The van der Waals surface area contributed by atoms with Gasteiger partial charge >= 0.3 is 0 Å². The predicted octanol–water partition coefficient (Wildman–Crippen LogP) is 0.967. The molecule has 1 aliphatic heterocycles. The molecule has 1 aromatic heterocycles. The summed E-state index contributed by atoms with van der Waals surface area (Å²) in [4.78, 5) is 13.2. The molecule has 4 heteroatoms. The van der Waals surface area contributed by atoms with Crippen LogP contribution in [0.25, 0.3) is 0 Å². The standard InChI is InChI=1S/C12H13N3O/c1-3-12(16)15-5-4-11-9(8-15)6-10(7-13)14(11)2/h3,6H,1,4-5,8H2,2H3. The molecule has 16 heavy (non-hydrogen) atoms. The van der Waals surface area contributed by atoms with Crippen molar-refractivity contribution in [2.24, 2.45) is 7.05 Å². The van der Waals surface area contributed by atoms with Crippen LogP contribution in [0.15, 0.2) is 18.7 Å². The average Bonchev–Trinajstić information content (AvgIpc) is 2.64. The molecule has 0 bridgehead atoms. The topological polar surface area (TPSA) is 49.0 Å². The highest BCUT2D eigenvalue weighted by molar-refractivity contribution is 5.87. The van der Waals surface area contributed by atoms with Gasteiger partial charge in [0.15, 0.2) is 0 Å². The third-order valence-corrected chi connectivity index (χ3v) is 3.03. The van der Waals surface area contributed by atoms with E-state index in [-0.39, 0.29) is 5.91 Å². The van der Waals surface area contributed by atoms with E-state index in [1.54, 1.807) is 4.90 Å². The second-order valence-electron chi connectivity index (χ2n) is 3.89. The summed E-state index contributed by atoms with van der Waals surface area (Å²) in [6.45, 7) is 4.76. The minimum atomic E-state index is -0.0481. The van der Waals surface area contributed by atoms with Gasteiger partial charge in [-0.05, 0) is 17.7 Å². The zero-order valence-electron chi connectivity index (χ0n) is 9.23. The first-order valence-electron chi connectivity index (χ1n) is 5.16. The molecule has 1 amide bonds. The molecule has 0 spiro atoms. The summed E-state index contributed by atoms with van der Waals surface area (Å²) in [5, 5.41) is 8.92. The Balaban J connectivity index is 2.32. The predicted molar refractivity (Wildman–Crippen MR) is 59.4 cm³/mol. The van der Waals surface area contributed by atoms with Crippen molar-refractivity contribution in [1.82, 2.24) is 9.47 Å². The number of fused-ring (bicyclic) bond motifs is 1. The maximum Gasteiger partial charge on any atom is 0.246 e. The SMILES string of the molecule is C=CC(=O)N1CCc2c(cc(C#N)n2C)C1. The number of hydrogen-bond donors (Lipinski definition) is 0. The maximum absolute atomic E-state index is 11.5. The molecule has 0 fully saturated rings. The summed E-state index contributed by atoms with van der Waals surface area (Å²) in [6, 6.07) is 4.01. The van der Waals surface area contributed by atoms with Gasteiger partial charge in [0.2, 0.25) is 5.91 Å². The number of carbonyl (C=O) groups is 1. The molecule has 2 rings (SSSR count). The molecule has 0 unspecified atom stereocenters. The van der Waals surface area contributed by atoms with Crippen LogP contribution in [0.2, 0.25) is 0 Å². The number of hydrogen-bond acceptors (Lipinski definition) is 2. The van der Waals surface area contributed by atoms with Crippen molar-refractivity contribution < 1.29 is 4.79 Å². The molecule has 1 aromatic rings. The maximum atomic E-state index is 11.5. The summed E-state index contributed by atoms with van der Waals surface area (Å²) in [7, 11) is 1.89. The highest BCUT2D eigenvalue weighted by Crippen LogP contribution is 2.22. The second kappa shape index (κ2) is 3.86. The van der Waals surface area contributed by atoms with E-state index in [1.165, 1.54) is 6.08 Å². The quantitative estimate of drug-likeness (QED) is 0.655. The molecule has 0 saturated carbocycles. The van der Waals surface area contributed by atoms with Gasteiger partial charge in [-0.3, -0.25) is 4.79 Å². The van der Waals surface area contributed by atoms with E-state index in [9.17, 15) is 4.79 Å². The number of nitrogens with zero attached hydrogens (tertiary/aromatic N) is 3. The molecular weight excluding hydrogens is 202 g/mol. The Morgan fingerprint density at radius 2 is 2.44 bits per heavy atom. The van der Waals surface area contributed by atoms with Crippen molar-refractivity contribution in [2.45, 2.75) is 13.0 Å². The fourth-order valence-corrected chi connectivity index (χ4v) is 2.12. The Labute approximate surface area is 94.4 Å². The zero-order chi connectivity index (χ0) is 11.7. The molecule has 0 radical (unpaired) electrons. The van der Waals surface area contributed by atoms with Gasteiger partial charge in [-0.15, -0.1) is 0 Å². The van der Waals surface area contributed by atoms with Crippen molar-refractivity contribution in [1.29, 1.82) is 5.26 Å². The van der Waals surface area contributed by atoms with Crippen molar-refractivity contribution in [3.63, 3.8) is 0 Å². The molecule has 1 aliphatic rings. The van der Waals surface area contributed by atoms with Gasteiger partial charge in [-0.25, -0.2) is 0 Å². The largest absolute Gasteiger partial charge is 0.339 e. The fourth-order valence-electron chi connectivity index (χ4n) is 2.12. The first-order valence-corrected chi connectivity index (χ1v) is 5.16. The van der Waals surface area contributed by atoms with Crippen LogP contribution in [0.3, 0.4) is 0 Å². The minimum absolute atomic E-state index is 0.0481. The normalized spacial score (nSPS) is 14.1. The summed E-state index contributed by atoms with van der Waals surface area (Å²) < 4.78 is 1.91. The fraction of sp³-hybridized carbons (Fsp3) is 0.333. The Morgan fingerprint density at radius 3 is 3.06 bits per heavy atom. The smallest absolute Gasteiger partial charge is 0.246 e. The lowest BCUT2D eigenvalue weighted by molar-refractivity contribution is -0.126. The van der Waals surface area contributed by atoms with Crippen LogP contribution in [0.1, 0.15) is 17.0 Å². The molecule has 82 valence electrons. The number of rotatable bonds is 1. The van der Waals surface area contributed by atoms with E-state index >= 15 is 0 Å². The summed E-state index contributed by atoms with van der Waals surface area (Å²) >= 11 is 0. The lowest BCUT2D eigenvalue weighted by Crippen LogP contribution is -2.34. The highest BCUT2D eigenvalue weighted by atomic mass is 16.2. The van der Waals surface area contributed by atoms with Crippen molar-refractivity contribution >= 4 is 5.91 Å². The first-order chi connectivity index (χ1) is 7.67. The molecule has 0 saturated heterocycles. The van der Waals surface area contributed by atoms with Crippen LogP contribution >= 0.6 is 0 Å². The number of aromatic nitrogens is 1. The molecule has 4 nitrogen and oxygen atoms in total. The Hall–Kier alpha value is -2.02. The van der Waals surface area contributed by atoms with Crippen LogP contribution in [0.4, 0.5) is 0 Å². The summed E-state index contributed by atoms with van der Waals surface area (Å²) in [5.74, 6) is -0.0481. The molecular formula is C12H13N3O. The van der Waals surface area contributed by atoms with Gasteiger partial charge in [0, 0.05) is 32.3 Å². The molecule has 2 heterocycles. The van der Waals surface area contributed by atoms with Gasteiger partial charge in [0.05, 0.1) is 0 Å². The van der Waals surface area contributed by atoms with Crippen molar-refractivity contribution in [3.05, 3.63) is 35.7 Å². The third-order valence-electron chi connectivity index (χ3n) is 3.03. The summed E-state index contributed by atoms with van der Waals surface area (Å²) in [6.07, 6.45) is 2.13. The van der Waals surface area contributed by atoms with Crippen LogP contribution < -0.4 is 0 Å². The summed E-state index contributed by atoms with van der Waals surface area (Å²) in [5.41, 5.74) is 2.88. The Morgan fingerprint density at radius 1 is 1.69 bits per heavy atom. The third kappa shape index (κ3) is 1.50. The van der Waals surface area contributed by atoms with Crippen LogP contribution in [0.5, 0.6) is 0 Å². The lowest BCUT2D eigenvalue weighted by atomic mass is 10.1. The molecule has 0 aliphatic carbocycles. The van der Waals surface area contributed by atoms with Gasteiger partial charge in [-0.1, -0.05) is 6.58 Å². The second-order valence-corrected chi connectivity index (χ2v) is 3.89. The van der Waals surface area contributed by atoms with Crippen LogP contribution in [-0.4, -0.2) is 21.9 Å². The number of amides is 1. The van der Waals surface area contributed by atoms with Gasteiger partial charge in [0.25, 0.3) is 0 Å². The molecule has 0 N–H and O–H groups in total. The van der Waals surface area contributed by atoms with E-state index in [1.807, 2.05) is 17.7 Å². The Kier molecular flexibility index (Phi) is 2.53. The van der Waals surface area contributed by atoms with Crippen LogP contribution in [0, 0.1) is 11.3 Å². The van der Waals surface area contributed by atoms with Crippen LogP contribution in [-0.2, 0) is 24.8 Å². The van der Waals surface area contributed by atoms with E-state index in [0.717, 1.165) is 17.7 Å². The van der Waals surface area contributed by atoms with Crippen molar-refractivity contribution in [2.75, 3.05) is 6.54 Å². The minimum Gasteiger partial charge on any atom is -0.339 e. The van der Waals surface area contributed by atoms with E-state index in [2.05, 4.69) is 12.6 Å². The average molecular weight is 215 g/mol. The lowest BCUT2D eigenvalue weighted by Gasteiger charge is -2.26. The van der Waals surface area contributed by atoms with E-state index < -0.39 is 0 Å². The van der Waals surface area contributed by atoms with E-state index in [0.29, 0.717) is 18.8 Å². The van der Waals surface area contributed by atoms with Crippen molar-refractivity contribution in [3.8, 4) is 6.07 Å². The first kappa shape index (κ1) is 10.5. The molecule has 0 aromatic carbocycles. The number of nitriles is 1.